The monoisotopic (exact) mass is 235 g/mol. The third-order valence-electron chi connectivity index (χ3n) is 2.56. The Hall–Kier alpha value is -1.13. The molecule has 0 saturated carbocycles. The van der Waals surface area contributed by atoms with E-state index in [4.69, 9.17) is 0 Å². The predicted molar refractivity (Wildman–Crippen MR) is 63.7 cm³/mol. The van der Waals surface area contributed by atoms with Gasteiger partial charge in [-0.25, -0.2) is 0 Å². The predicted octanol–water partition coefficient (Wildman–Crippen LogP) is 3.28. The van der Waals surface area contributed by atoms with E-state index in [1.807, 2.05) is 17.5 Å². The van der Waals surface area contributed by atoms with E-state index < -0.39 is 0 Å². The lowest BCUT2D eigenvalue weighted by molar-refractivity contribution is -0.116. The molecule has 1 aliphatic rings. The van der Waals surface area contributed by atoms with E-state index in [0.717, 1.165) is 5.69 Å². The van der Waals surface area contributed by atoms with Gasteiger partial charge in [-0.2, -0.15) is 0 Å². The molecular formula is C11H9NOS2. The van der Waals surface area contributed by atoms with Crippen molar-refractivity contribution < 1.29 is 4.79 Å². The quantitative estimate of drug-likeness (QED) is 0.807. The first-order valence-electron chi connectivity index (χ1n) is 4.75. The lowest BCUT2D eigenvalue weighted by Gasteiger charge is -2.21. The molecule has 3 heterocycles. The van der Waals surface area contributed by atoms with Crippen molar-refractivity contribution in [3.63, 3.8) is 0 Å². The summed E-state index contributed by atoms with van der Waals surface area (Å²) in [5.74, 6) is 0.396. The maximum absolute atomic E-state index is 11.5. The Morgan fingerprint density at radius 3 is 3.00 bits per heavy atom. The van der Waals surface area contributed by atoms with Crippen LogP contribution in [0.3, 0.4) is 0 Å². The Morgan fingerprint density at radius 1 is 1.27 bits per heavy atom. The minimum atomic E-state index is 0.124. The number of fused-ring (bicyclic) bond motifs is 1. The highest BCUT2D eigenvalue weighted by molar-refractivity contribution is 7.12. The highest BCUT2D eigenvalue weighted by Gasteiger charge is 2.27. The van der Waals surface area contributed by atoms with Gasteiger partial charge < -0.3 is 5.32 Å². The molecule has 0 fully saturated rings. The van der Waals surface area contributed by atoms with Gasteiger partial charge in [0.2, 0.25) is 5.91 Å². The number of thiophene rings is 2. The molecule has 2 nitrogen and oxygen atoms in total. The summed E-state index contributed by atoms with van der Waals surface area (Å²) in [6, 6.07) is 6.13. The zero-order valence-corrected chi connectivity index (χ0v) is 9.53. The van der Waals surface area contributed by atoms with Crippen molar-refractivity contribution in [2.24, 2.45) is 0 Å². The minimum absolute atomic E-state index is 0.124. The van der Waals surface area contributed by atoms with Gasteiger partial charge in [0.1, 0.15) is 0 Å². The molecule has 1 aliphatic heterocycles. The zero-order chi connectivity index (χ0) is 10.3. The van der Waals surface area contributed by atoms with E-state index in [9.17, 15) is 4.79 Å². The summed E-state index contributed by atoms with van der Waals surface area (Å²) in [5, 5.41) is 7.01. The Morgan fingerprint density at radius 2 is 2.20 bits per heavy atom. The first-order chi connectivity index (χ1) is 7.34. The van der Waals surface area contributed by atoms with Gasteiger partial charge >= 0.3 is 0 Å². The molecule has 4 heteroatoms. The smallest absolute Gasteiger partial charge is 0.225 e. The molecule has 3 rings (SSSR count). The number of rotatable bonds is 1. The number of hydrogen-bond acceptors (Lipinski definition) is 3. The fraction of sp³-hybridized carbons (Fsp3) is 0.182. The van der Waals surface area contributed by atoms with Gasteiger partial charge in [0.25, 0.3) is 0 Å². The van der Waals surface area contributed by atoms with Gasteiger partial charge in [-0.3, -0.25) is 4.79 Å². The molecule has 76 valence electrons. The van der Waals surface area contributed by atoms with Gasteiger partial charge in [0.05, 0.1) is 5.69 Å². The summed E-state index contributed by atoms with van der Waals surface area (Å²) in [7, 11) is 0. The van der Waals surface area contributed by atoms with Crippen LogP contribution in [0.15, 0.2) is 29.0 Å². The van der Waals surface area contributed by atoms with Gasteiger partial charge in [0.15, 0.2) is 0 Å². The van der Waals surface area contributed by atoms with Gasteiger partial charge in [-0.05, 0) is 22.9 Å². The third-order valence-corrected chi connectivity index (χ3v) is 4.58. The first-order valence-corrected chi connectivity index (χ1v) is 6.51. The molecule has 0 unspecified atom stereocenters. The van der Waals surface area contributed by atoms with E-state index >= 15 is 0 Å². The van der Waals surface area contributed by atoms with Gasteiger partial charge in [0, 0.05) is 22.1 Å². The number of nitrogens with one attached hydrogen (secondary N) is 1. The zero-order valence-electron chi connectivity index (χ0n) is 7.90. The molecule has 2 aromatic heterocycles. The molecule has 1 N–H and O–H groups in total. The summed E-state index contributed by atoms with van der Waals surface area (Å²) < 4.78 is 0. The maximum Gasteiger partial charge on any atom is 0.225 e. The lowest BCUT2D eigenvalue weighted by atomic mass is 9.97. The van der Waals surface area contributed by atoms with Crippen LogP contribution in [0.1, 0.15) is 22.1 Å². The molecule has 0 saturated heterocycles. The van der Waals surface area contributed by atoms with Gasteiger partial charge in [-0.15, -0.1) is 22.7 Å². The van der Waals surface area contributed by atoms with Crippen LogP contribution < -0.4 is 5.32 Å². The summed E-state index contributed by atoms with van der Waals surface area (Å²) in [6.45, 7) is 0. The van der Waals surface area contributed by atoms with E-state index in [1.54, 1.807) is 22.7 Å². The molecule has 15 heavy (non-hydrogen) atoms. The minimum Gasteiger partial charge on any atom is -0.325 e. The van der Waals surface area contributed by atoms with Crippen molar-refractivity contribution in [1.29, 1.82) is 0 Å². The van der Waals surface area contributed by atoms with Crippen LogP contribution in [-0.4, -0.2) is 5.91 Å². The second-order valence-electron chi connectivity index (χ2n) is 3.52. The number of carbonyl (C=O) groups is 1. The fourth-order valence-electron chi connectivity index (χ4n) is 1.89. The Labute approximate surface area is 95.6 Å². The molecule has 0 spiro atoms. The van der Waals surface area contributed by atoms with E-state index in [1.165, 1.54) is 9.75 Å². The van der Waals surface area contributed by atoms with E-state index in [-0.39, 0.29) is 11.8 Å². The van der Waals surface area contributed by atoms with Crippen LogP contribution in [0.5, 0.6) is 0 Å². The average Bonchev–Trinajstić information content (AvgIpc) is 2.86. The van der Waals surface area contributed by atoms with Crippen molar-refractivity contribution in [1.82, 2.24) is 0 Å². The van der Waals surface area contributed by atoms with Crippen LogP contribution in [0.4, 0.5) is 5.69 Å². The largest absolute Gasteiger partial charge is 0.325 e. The summed E-state index contributed by atoms with van der Waals surface area (Å²) in [4.78, 5) is 14.1. The standard InChI is InChI=1S/C11H9NOS2/c13-10-6-7(9-2-1-4-14-9)11-8(12-10)3-5-15-11/h1-5,7H,6H2,(H,12,13)/t7-/m0/s1. The SMILES string of the molecule is O=C1C[C@@H](c2cccs2)c2sccc2N1. The van der Waals surface area contributed by atoms with Crippen LogP contribution >= 0.6 is 22.7 Å². The number of anilines is 1. The van der Waals surface area contributed by atoms with Crippen molar-refractivity contribution in [2.75, 3.05) is 5.32 Å². The number of hydrogen-bond donors (Lipinski definition) is 1. The average molecular weight is 235 g/mol. The normalized spacial score (nSPS) is 19.7. The van der Waals surface area contributed by atoms with E-state index in [0.29, 0.717) is 6.42 Å². The van der Waals surface area contributed by atoms with Crippen LogP contribution in [-0.2, 0) is 4.79 Å². The van der Waals surface area contributed by atoms with Crippen LogP contribution in [0.2, 0.25) is 0 Å². The molecule has 0 aliphatic carbocycles. The summed E-state index contributed by atoms with van der Waals surface area (Å²) in [6.07, 6.45) is 0.577. The maximum atomic E-state index is 11.5. The van der Waals surface area contributed by atoms with Crippen molar-refractivity contribution in [2.45, 2.75) is 12.3 Å². The Kier molecular flexibility index (Phi) is 2.11. The molecule has 2 aromatic rings. The van der Waals surface area contributed by atoms with E-state index in [2.05, 4.69) is 16.8 Å². The topological polar surface area (TPSA) is 29.1 Å². The second kappa shape index (κ2) is 3.47. The Balaban J connectivity index is 2.08. The highest BCUT2D eigenvalue weighted by atomic mass is 32.1. The van der Waals surface area contributed by atoms with Gasteiger partial charge in [-0.1, -0.05) is 6.07 Å². The second-order valence-corrected chi connectivity index (χ2v) is 5.45. The molecule has 1 atom stereocenters. The molecule has 0 aromatic carbocycles. The lowest BCUT2D eigenvalue weighted by Crippen LogP contribution is -2.21. The number of carbonyl (C=O) groups excluding carboxylic acids is 1. The van der Waals surface area contributed by atoms with Crippen molar-refractivity contribution in [3.8, 4) is 0 Å². The van der Waals surface area contributed by atoms with Crippen molar-refractivity contribution in [3.05, 3.63) is 38.7 Å². The molecule has 0 bridgehead atoms. The molecule has 1 amide bonds. The molecule has 0 radical (unpaired) electrons. The third kappa shape index (κ3) is 1.50. The van der Waals surface area contributed by atoms with Crippen LogP contribution in [0.25, 0.3) is 0 Å². The fourth-order valence-corrected chi connectivity index (χ4v) is 3.78. The number of amides is 1. The first kappa shape index (κ1) is 9.12. The highest BCUT2D eigenvalue weighted by Crippen LogP contribution is 2.41. The van der Waals surface area contributed by atoms with Crippen molar-refractivity contribution >= 4 is 34.3 Å². The summed E-state index contributed by atoms with van der Waals surface area (Å²) in [5.41, 5.74) is 0.995. The molecular weight excluding hydrogens is 226 g/mol. The Bertz CT molecular complexity index is 486. The van der Waals surface area contributed by atoms with Crippen LogP contribution in [0, 0.1) is 0 Å². The summed E-state index contributed by atoms with van der Waals surface area (Å²) >= 11 is 3.45.